The van der Waals surface area contributed by atoms with Crippen molar-refractivity contribution in [1.82, 2.24) is 9.80 Å². The zero-order valence-corrected chi connectivity index (χ0v) is 17.7. The first-order chi connectivity index (χ1) is 15.0. The Hall–Kier alpha value is -2.77. The lowest BCUT2D eigenvalue weighted by Gasteiger charge is -2.30. The molecule has 2 aromatic rings. The molecule has 2 aliphatic rings. The number of carbonyl (C=O) groups is 2. The predicted octanol–water partition coefficient (Wildman–Crippen LogP) is 2.59. The van der Waals surface area contributed by atoms with E-state index in [0.717, 1.165) is 30.8 Å². The molecule has 31 heavy (non-hydrogen) atoms. The molecule has 0 unspecified atom stereocenters. The van der Waals surface area contributed by atoms with E-state index in [-0.39, 0.29) is 30.3 Å². The fraction of sp³-hybridized carbons (Fsp3) is 0.417. The van der Waals surface area contributed by atoms with Gasteiger partial charge in [0.05, 0.1) is 6.04 Å². The molecule has 0 aliphatic carbocycles. The van der Waals surface area contributed by atoms with E-state index < -0.39 is 5.91 Å². The number of nitrogens with two attached hydrogens (primary N) is 1. The topological polar surface area (TPSA) is 75.9 Å². The number of ether oxygens (including phenoxy) is 1. The van der Waals surface area contributed by atoms with Crippen LogP contribution < -0.4 is 5.73 Å². The second-order valence-corrected chi connectivity index (χ2v) is 8.36. The summed E-state index contributed by atoms with van der Waals surface area (Å²) in [5.74, 6) is -0.209. The molecule has 2 amide bonds. The number of halogens is 1. The van der Waals surface area contributed by atoms with E-state index in [1.165, 1.54) is 6.07 Å². The van der Waals surface area contributed by atoms with Crippen molar-refractivity contribution in [3.05, 3.63) is 71.0 Å². The Morgan fingerprint density at radius 1 is 1.13 bits per heavy atom. The highest BCUT2D eigenvalue weighted by Crippen LogP contribution is 2.45. The minimum absolute atomic E-state index is 0.0425. The fourth-order valence-corrected chi connectivity index (χ4v) is 4.95. The summed E-state index contributed by atoms with van der Waals surface area (Å²) in [6.07, 6.45) is 0. The van der Waals surface area contributed by atoms with Gasteiger partial charge in [0.25, 0.3) is 0 Å². The normalized spacial score (nSPS) is 23.2. The van der Waals surface area contributed by atoms with Crippen LogP contribution >= 0.6 is 0 Å². The van der Waals surface area contributed by atoms with Crippen LogP contribution in [0.15, 0.2) is 48.5 Å². The Morgan fingerprint density at radius 3 is 2.58 bits per heavy atom. The first-order valence-corrected chi connectivity index (χ1v) is 10.7. The number of hydrogen-bond acceptors (Lipinski definition) is 4. The maximum Gasteiger partial charge on any atom is 0.249 e. The zero-order valence-electron chi connectivity index (χ0n) is 17.7. The van der Waals surface area contributed by atoms with Gasteiger partial charge in [-0.15, -0.1) is 0 Å². The second kappa shape index (κ2) is 9.16. The quantitative estimate of drug-likeness (QED) is 0.740. The van der Waals surface area contributed by atoms with Gasteiger partial charge in [-0.05, 0) is 48.2 Å². The van der Waals surface area contributed by atoms with Crippen molar-refractivity contribution in [2.75, 3.05) is 32.8 Å². The van der Waals surface area contributed by atoms with Crippen molar-refractivity contribution >= 4 is 11.8 Å². The highest BCUT2D eigenvalue weighted by atomic mass is 19.1. The lowest BCUT2D eigenvalue weighted by atomic mass is 9.89. The van der Waals surface area contributed by atoms with Crippen molar-refractivity contribution in [2.24, 2.45) is 17.6 Å². The third kappa shape index (κ3) is 4.62. The van der Waals surface area contributed by atoms with Crippen LogP contribution in [-0.2, 0) is 16.1 Å². The lowest BCUT2D eigenvalue weighted by Crippen LogP contribution is -2.37. The maximum absolute atomic E-state index is 14.0. The van der Waals surface area contributed by atoms with Gasteiger partial charge in [0.1, 0.15) is 12.4 Å². The molecule has 2 heterocycles. The number of likely N-dealkylation sites (tertiary alicyclic amines) is 2. The zero-order chi connectivity index (χ0) is 22.0. The van der Waals surface area contributed by atoms with Crippen molar-refractivity contribution in [3.63, 3.8) is 0 Å². The molecular weight excluding hydrogens is 397 g/mol. The van der Waals surface area contributed by atoms with Crippen LogP contribution in [0, 0.1) is 17.7 Å². The monoisotopic (exact) mass is 425 g/mol. The molecule has 3 atom stereocenters. The second-order valence-electron chi connectivity index (χ2n) is 8.36. The number of rotatable bonds is 7. The van der Waals surface area contributed by atoms with Gasteiger partial charge in [-0.2, -0.15) is 0 Å². The number of hydrogen-bond donors (Lipinski definition) is 1. The van der Waals surface area contributed by atoms with Crippen LogP contribution in [-0.4, -0.2) is 54.5 Å². The van der Waals surface area contributed by atoms with Gasteiger partial charge in [0, 0.05) is 44.3 Å². The molecule has 2 aliphatic heterocycles. The number of primary amides is 1. The summed E-state index contributed by atoms with van der Waals surface area (Å²) in [7, 11) is 0. The number of carbonyl (C=O) groups excluding carboxylic acids is 2. The Labute approximate surface area is 181 Å². The van der Waals surface area contributed by atoms with Crippen LogP contribution in [0.3, 0.4) is 0 Å². The van der Waals surface area contributed by atoms with Crippen LogP contribution in [0.25, 0.3) is 0 Å². The van der Waals surface area contributed by atoms with Crippen LogP contribution in [0.1, 0.15) is 34.5 Å². The van der Waals surface area contributed by atoms with Gasteiger partial charge in [0.2, 0.25) is 11.8 Å². The molecule has 0 aromatic heterocycles. The lowest BCUT2D eigenvalue weighted by molar-refractivity contribution is -0.137. The average molecular weight is 426 g/mol. The molecule has 164 valence electrons. The average Bonchev–Trinajstić information content (AvgIpc) is 3.29. The highest BCUT2D eigenvalue weighted by Gasteiger charge is 2.48. The number of fused-ring (bicyclic) bond motifs is 1. The molecule has 0 radical (unpaired) electrons. The highest BCUT2D eigenvalue weighted by molar-refractivity contribution is 5.92. The van der Waals surface area contributed by atoms with E-state index in [1.807, 2.05) is 30.0 Å². The summed E-state index contributed by atoms with van der Waals surface area (Å²) in [5.41, 5.74) is 7.76. The van der Waals surface area contributed by atoms with E-state index in [0.29, 0.717) is 24.6 Å². The summed E-state index contributed by atoms with van der Waals surface area (Å²) in [5, 5.41) is 0. The van der Waals surface area contributed by atoms with Crippen molar-refractivity contribution in [3.8, 4) is 0 Å². The van der Waals surface area contributed by atoms with E-state index in [9.17, 15) is 14.0 Å². The first kappa shape index (κ1) is 21.5. The Bertz CT molecular complexity index is 949. The van der Waals surface area contributed by atoms with Gasteiger partial charge < -0.3 is 15.4 Å². The standard InChI is InChI=1S/C24H28FN3O3/c1-2-31-15-22(29)28-13-19-12-27(11-16-6-8-17(9-7-16)24(26)30)14-21(19)23(28)18-4-3-5-20(25)10-18/h3-10,19,21,23H,2,11-15H2,1H3,(H2,26,30)/t19-,21-,23+/m0/s1. The minimum Gasteiger partial charge on any atom is -0.372 e. The fourth-order valence-electron chi connectivity index (χ4n) is 4.95. The summed E-state index contributed by atoms with van der Waals surface area (Å²) < 4.78 is 19.3. The van der Waals surface area contributed by atoms with Gasteiger partial charge in [-0.1, -0.05) is 24.3 Å². The molecule has 2 N–H and O–H groups in total. The molecule has 0 spiro atoms. The van der Waals surface area contributed by atoms with Crippen molar-refractivity contribution < 1.29 is 18.7 Å². The van der Waals surface area contributed by atoms with Crippen molar-refractivity contribution in [2.45, 2.75) is 19.5 Å². The molecular formula is C24H28FN3O3. The Morgan fingerprint density at radius 2 is 1.90 bits per heavy atom. The van der Waals surface area contributed by atoms with E-state index in [4.69, 9.17) is 10.5 Å². The van der Waals surface area contributed by atoms with Crippen LogP contribution in [0.4, 0.5) is 4.39 Å². The summed E-state index contributed by atoms with van der Waals surface area (Å²) in [6.45, 7) is 5.50. The maximum atomic E-state index is 14.0. The van der Waals surface area contributed by atoms with Crippen LogP contribution in [0.5, 0.6) is 0 Å². The minimum atomic E-state index is -0.433. The van der Waals surface area contributed by atoms with Gasteiger partial charge >= 0.3 is 0 Å². The summed E-state index contributed by atoms with van der Waals surface area (Å²) in [4.78, 5) is 28.3. The third-order valence-corrected chi connectivity index (χ3v) is 6.32. The number of amides is 2. The molecule has 2 fully saturated rings. The number of benzene rings is 2. The molecule has 2 saturated heterocycles. The molecule has 6 nitrogen and oxygen atoms in total. The molecule has 7 heteroatoms. The van der Waals surface area contributed by atoms with Crippen molar-refractivity contribution in [1.29, 1.82) is 0 Å². The summed E-state index contributed by atoms with van der Waals surface area (Å²) in [6, 6.07) is 13.8. The number of nitrogens with zero attached hydrogens (tertiary/aromatic N) is 2. The summed E-state index contributed by atoms with van der Waals surface area (Å²) >= 11 is 0. The van der Waals surface area contributed by atoms with Gasteiger partial charge in [-0.3, -0.25) is 14.5 Å². The molecule has 0 saturated carbocycles. The smallest absolute Gasteiger partial charge is 0.249 e. The largest absolute Gasteiger partial charge is 0.372 e. The molecule has 0 bridgehead atoms. The van der Waals surface area contributed by atoms with E-state index in [2.05, 4.69) is 4.90 Å². The van der Waals surface area contributed by atoms with E-state index >= 15 is 0 Å². The SMILES string of the molecule is CCOCC(=O)N1C[C@@H]2CN(Cc3ccc(C(N)=O)cc3)C[C@@H]2[C@H]1c1cccc(F)c1. The van der Waals surface area contributed by atoms with Gasteiger partial charge in [0.15, 0.2) is 0 Å². The predicted molar refractivity (Wildman–Crippen MR) is 115 cm³/mol. The molecule has 4 rings (SSSR count). The third-order valence-electron chi connectivity index (χ3n) is 6.32. The van der Waals surface area contributed by atoms with Gasteiger partial charge in [-0.25, -0.2) is 4.39 Å². The molecule has 2 aromatic carbocycles. The Balaban J connectivity index is 1.51. The Kier molecular flexibility index (Phi) is 6.34. The van der Waals surface area contributed by atoms with Crippen LogP contribution in [0.2, 0.25) is 0 Å². The first-order valence-electron chi connectivity index (χ1n) is 10.7. The van der Waals surface area contributed by atoms with E-state index in [1.54, 1.807) is 24.3 Å².